The van der Waals surface area contributed by atoms with Gasteiger partial charge in [0.25, 0.3) is 0 Å². The molecule has 1 amide bonds. The van der Waals surface area contributed by atoms with Gasteiger partial charge in [0, 0.05) is 10.8 Å². The third-order valence-corrected chi connectivity index (χ3v) is 5.29. The summed E-state index contributed by atoms with van der Waals surface area (Å²) in [4.78, 5) is 28.8. The van der Waals surface area contributed by atoms with Crippen molar-refractivity contribution in [1.29, 1.82) is 0 Å². The van der Waals surface area contributed by atoms with E-state index in [0.717, 1.165) is 0 Å². The molecule has 11 heteroatoms. The topological polar surface area (TPSA) is 135 Å². The molecule has 0 saturated carbocycles. The summed E-state index contributed by atoms with van der Waals surface area (Å²) in [6.45, 7) is 7.29. The summed E-state index contributed by atoms with van der Waals surface area (Å²) in [6.07, 6.45) is 0.309. The van der Waals surface area contributed by atoms with E-state index in [1.807, 2.05) is 4.72 Å². The molecule has 2 aromatic rings. The van der Waals surface area contributed by atoms with Crippen molar-refractivity contribution in [2.45, 2.75) is 40.2 Å². The quantitative estimate of drug-likeness (QED) is 0.412. The first-order valence-corrected chi connectivity index (χ1v) is 11.4. The molecular formula is C19H24N3O6S2. The highest BCUT2D eigenvalue weighted by atomic mass is 32.2. The Hall–Kier alpha value is -2.50. The number of amides is 1. The summed E-state index contributed by atoms with van der Waals surface area (Å²) in [7, 11) is -4.38. The van der Waals surface area contributed by atoms with Gasteiger partial charge >= 0.3 is 16.3 Å². The fraction of sp³-hybridized carbons (Fsp3) is 0.421. The molecule has 0 fully saturated rings. The van der Waals surface area contributed by atoms with Crippen molar-refractivity contribution in [3.05, 3.63) is 45.9 Å². The highest BCUT2D eigenvalue weighted by molar-refractivity contribution is 7.87. The number of esters is 1. The van der Waals surface area contributed by atoms with Gasteiger partial charge in [-0.2, -0.15) is 8.42 Å². The third kappa shape index (κ3) is 7.08. The van der Waals surface area contributed by atoms with E-state index in [0.29, 0.717) is 17.0 Å². The van der Waals surface area contributed by atoms with E-state index in [2.05, 4.69) is 16.4 Å². The molecule has 0 aliphatic carbocycles. The van der Waals surface area contributed by atoms with Crippen LogP contribution in [-0.4, -0.2) is 36.4 Å². The summed E-state index contributed by atoms with van der Waals surface area (Å²) < 4.78 is 37.6. The molecule has 3 N–H and O–H groups in total. The summed E-state index contributed by atoms with van der Waals surface area (Å²) in [5.74, 6) is -0.724. The average Bonchev–Trinajstić information content (AvgIpc) is 3.11. The molecule has 1 radical (unpaired) electrons. The highest BCUT2D eigenvalue weighted by Crippen LogP contribution is 2.25. The number of hydrogen-bond donors (Lipinski definition) is 3. The van der Waals surface area contributed by atoms with E-state index in [4.69, 9.17) is 9.29 Å². The number of rotatable bonds is 8. The highest BCUT2D eigenvalue weighted by Gasteiger charge is 2.27. The van der Waals surface area contributed by atoms with Crippen LogP contribution in [0.4, 0.5) is 5.69 Å². The Morgan fingerprint density at radius 3 is 2.57 bits per heavy atom. The van der Waals surface area contributed by atoms with Crippen LogP contribution in [0.2, 0.25) is 0 Å². The van der Waals surface area contributed by atoms with Crippen LogP contribution in [0.25, 0.3) is 0 Å². The Labute approximate surface area is 179 Å². The number of carbonyl (C=O) groups excluding carboxylic acids is 2. The van der Waals surface area contributed by atoms with Gasteiger partial charge in [0.2, 0.25) is 5.91 Å². The Morgan fingerprint density at radius 2 is 2.03 bits per heavy atom. The molecule has 2 rings (SSSR count). The fourth-order valence-electron chi connectivity index (χ4n) is 2.34. The number of benzene rings is 1. The van der Waals surface area contributed by atoms with E-state index in [-0.39, 0.29) is 23.9 Å². The molecule has 1 unspecified atom stereocenters. The summed E-state index contributed by atoms with van der Waals surface area (Å²) in [6, 6.07) is 6.84. The molecule has 163 valence electrons. The van der Waals surface area contributed by atoms with Crippen LogP contribution < -0.4 is 10.0 Å². The molecule has 1 heterocycles. The van der Waals surface area contributed by atoms with Crippen LogP contribution in [-0.2, 0) is 26.3 Å². The lowest BCUT2D eigenvalue weighted by Crippen LogP contribution is -2.38. The van der Waals surface area contributed by atoms with Crippen LogP contribution in [0.5, 0.6) is 0 Å². The van der Waals surface area contributed by atoms with Crippen molar-refractivity contribution in [2.75, 3.05) is 11.3 Å². The van der Waals surface area contributed by atoms with E-state index < -0.39 is 27.7 Å². The minimum atomic E-state index is -4.38. The molecule has 0 saturated heterocycles. The van der Waals surface area contributed by atoms with Crippen LogP contribution in [0.3, 0.4) is 0 Å². The predicted molar refractivity (Wildman–Crippen MR) is 113 cm³/mol. The first-order valence-electron chi connectivity index (χ1n) is 9.08. The largest absolute Gasteiger partial charge is 0.461 e. The summed E-state index contributed by atoms with van der Waals surface area (Å²) in [5.41, 5.74) is 0.355. The molecule has 0 bridgehead atoms. The minimum Gasteiger partial charge on any atom is -0.461 e. The van der Waals surface area contributed by atoms with Crippen LogP contribution in [0.15, 0.2) is 23.6 Å². The van der Waals surface area contributed by atoms with Gasteiger partial charge in [0.15, 0.2) is 5.69 Å². The molecule has 1 atom stereocenters. The van der Waals surface area contributed by atoms with Crippen molar-refractivity contribution in [2.24, 2.45) is 5.41 Å². The van der Waals surface area contributed by atoms with Gasteiger partial charge in [-0.15, -0.1) is 11.3 Å². The maximum Gasteiger partial charge on any atom is 0.357 e. The maximum atomic E-state index is 12.6. The Kier molecular flexibility index (Phi) is 7.56. The molecule has 0 aliphatic heterocycles. The van der Waals surface area contributed by atoms with E-state index >= 15 is 0 Å². The Bertz CT molecular complexity index is 994. The lowest BCUT2D eigenvalue weighted by molar-refractivity contribution is -0.129. The van der Waals surface area contributed by atoms with Gasteiger partial charge in [0.1, 0.15) is 5.01 Å². The number of nitrogens with zero attached hydrogens (tertiary/aromatic N) is 1. The second kappa shape index (κ2) is 9.54. The van der Waals surface area contributed by atoms with Gasteiger partial charge in [0.05, 0.1) is 18.3 Å². The lowest BCUT2D eigenvalue weighted by Gasteiger charge is -2.23. The van der Waals surface area contributed by atoms with Crippen molar-refractivity contribution in [3.8, 4) is 0 Å². The first kappa shape index (κ1) is 23.8. The van der Waals surface area contributed by atoms with E-state index in [1.165, 1.54) is 23.5 Å². The van der Waals surface area contributed by atoms with Crippen molar-refractivity contribution in [1.82, 2.24) is 10.3 Å². The summed E-state index contributed by atoms with van der Waals surface area (Å²) >= 11 is 1.23. The molecule has 1 aromatic heterocycles. The number of carbonyl (C=O) groups is 2. The smallest absolute Gasteiger partial charge is 0.357 e. The van der Waals surface area contributed by atoms with Crippen molar-refractivity contribution < 1.29 is 27.3 Å². The first-order chi connectivity index (χ1) is 13.9. The summed E-state index contributed by atoms with van der Waals surface area (Å²) in [5, 5.41) is 5.05. The molecule has 1 aromatic carbocycles. The van der Waals surface area contributed by atoms with Gasteiger partial charge in [-0.3, -0.25) is 14.1 Å². The zero-order valence-corrected chi connectivity index (χ0v) is 18.7. The molecule has 9 nitrogen and oxygen atoms in total. The number of thiazole rings is 1. The lowest BCUT2D eigenvalue weighted by atomic mass is 9.94. The SMILES string of the molecule is CCOC(=O)c1csc(C(Cc2[c]cc(NS(=O)(=O)O)cc2)NC(=O)C(C)(C)C)n1. The molecule has 0 aliphatic rings. The number of ether oxygens (including phenoxy) is 1. The van der Waals surface area contributed by atoms with E-state index in [1.54, 1.807) is 39.1 Å². The van der Waals surface area contributed by atoms with Gasteiger partial charge in [-0.1, -0.05) is 26.8 Å². The normalized spacial score (nSPS) is 12.8. The average molecular weight is 455 g/mol. The van der Waals surface area contributed by atoms with Crippen molar-refractivity contribution in [3.63, 3.8) is 0 Å². The zero-order chi connectivity index (χ0) is 22.5. The van der Waals surface area contributed by atoms with Crippen molar-refractivity contribution >= 4 is 39.2 Å². The van der Waals surface area contributed by atoms with Gasteiger partial charge in [-0.25, -0.2) is 9.78 Å². The minimum absolute atomic E-state index is 0.148. The van der Waals surface area contributed by atoms with Gasteiger partial charge in [-0.05, 0) is 37.1 Å². The zero-order valence-electron chi connectivity index (χ0n) is 17.1. The Balaban J connectivity index is 2.26. The van der Waals surface area contributed by atoms with Crippen LogP contribution in [0, 0.1) is 11.5 Å². The third-order valence-electron chi connectivity index (χ3n) is 3.84. The molecule has 0 spiro atoms. The molecular weight excluding hydrogens is 430 g/mol. The van der Waals surface area contributed by atoms with Crippen LogP contribution >= 0.6 is 11.3 Å². The number of anilines is 1. The standard InChI is InChI=1S/C19H24N3O6S2/c1-5-28-17(23)15-11-29-16(20-15)14(21-18(24)19(2,3)4)10-12-6-8-13(9-7-12)22-30(25,26)27/h6,8-9,11,14,22H,5,10H2,1-4H3,(H,21,24)(H,25,26,27). The monoisotopic (exact) mass is 454 g/mol. The second-order valence-electron chi connectivity index (χ2n) is 7.45. The van der Waals surface area contributed by atoms with E-state index in [9.17, 15) is 18.0 Å². The number of nitrogens with one attached hydrogen (secondary N) is 2. The molecule has 30 heavy (non-hydrogen) atoms. The fourth-order valence-corrected chi connectivity index (χ4v) is 3.60. The number of hydrogen-bond acceptors (Lipinski definition) is 7. The predicted octanol–water partition coefficient (Wildman–Crippen LogP) is 2.78. The Morgan fingerprint density at radius 1 is 1.33 bits per heavy atom. The number of aromatic nitrogens is 1. The second-order valence-corrected chi connectivity index (χ2v) is 9.50. The maximum absolute atomic E-state index is 12.6. The van der Waals surface area contributed by atoms with Crippen LogP contribution in [0.1, 0.15) is 54.8 Å². The van der Waals surface area contributed by atoms with Gasteiger partial charge < -0.3 is 10.1 Å².